The van der Waals surface area contributed by atoms with E-state index in [2.05, 4.69) is 9.97 Å². The first-order valence-electron chi connectivity index (χ1n) is 4.77. The number of aromatic carboxylic acids is 1. The fraction of sp³-hybridized carbons (Fsp3) is 0.300. The summed E-state index contributed by atoms with van der Waals surface area (Å²) >= 11 is 5.78. The molecule has 2 aromatic heterocycles. The SMILES string of the molecule is CC(C)n1c(C(=O)O)nc2cc(Cl)cnc21. The van der Waals surface area contributed by atoms with Crippen LogP contribution in [0, 0.1) is 0 Å². The lowest BCUT2D eigenvalue weighted by atomic mass is 10.3. The standard InChI is InChI=1S/C10H10ClN3O2/c1-5(2)14-8-7(3-6(11)4-12-8)13-9(14)10(15)16/h3-5H,1-2H3,(H,15,16). The first kappa shape index (κ1) is 10.9. The van der Waals surface area contributed by atoms with Crippen LogP contribution in [0.1, 0.15) is 30.5 Å². The van der Waals surface area contributed by atoms with Gasteiger partial charge in [0.05, 0.1) is 5.02 Å². The molecule has 0 saturated carbocycles. The smallest absolute Gasteiger partial charge is 0.372 e. The number of carboxylic acids is 1. The molecule has 2 aromatic rings. The van der Waals surface area contributed by atoms with Gasteiger partial charge in [0.25, 0.3) is 0 Å². The summed E-state index contributed by atoms with van der Waals surface area (Å²) in [5.74, 6) is -1.08. The molecule has 1 N–H and O–H groups in total. The Bertz CT molecular complexity index is 562. The predicted octanol–water partition coefficient (Wildman–Crippen LogP) is 2.36. The molecular formula is C10H10ClN3O2. The van der Waals surface area contributed by atoms with Crippen LogP contribution in [0.4, 0.5) is 0 Å². The first-order chi connectivity index (χ1) is 7.50. The number of fused-ring (bicyclic) bond motifs is 1. The van der Waals surface area contributed by atoms with Crippen molar-refractivity contribution in [3.05, 3.63) is 23.1 Å². The maximum absolute atomic E-state index is 11.0. The summed E-state index contributed by atoms with van der Waals surface area (Å²) in [6, 6.07) is 1.58. The van der Waals surface area contributed by atoms with Gasteiger partial charge in [-0.05, 0) is 19.9 Å². The Kier molecular flexibility index (Phi) is 2.55. The van der Waals surface area contributed by atoms with Crippen molar-refractivity contribution < 1.29 is 9.90 Å². The second-order valence-electron chi connectivity index (χ2n) is 3.70. The maximum Gasteiger partial charge on any atom is 0.372 e. The second kappa shape index (κ2) is 3.75. The normalized spacial score (nSPS) is 11.2. The van der Waals surface area contributed by atoms with Crippen molar-refractivity contribution >= 4 is 28.7 Å². The fourth-order valence-corrected chi connectivity index (χ4v) is 1.75. The number of carboxylic acid groups (broad SMARTS) is 1. The number of hydrogen-bond acceptors (Lipinski definition) is 3. The number of aromatic nitrogens is 3. The van der Waals surface area contributed by atoms with Crippen molar-refractivity contribution in [1.29, 1.82) is 0 Å². The van der Waals surface area contributed by atoms with Gasteiger partial charge in [0.1, 0.15) is 5.52 Å². The largest absolute Gasteiger partial charge is 0.475 e. The van der Waals surface area contributed by atoms with Crippen molar-refractivity contribution in [2.75, 3.05) is 0 Å². The highest BCUT2D eigenvalue weighted by Crippen LogP contribution is 2.21. The van der Waals surface area contributed by atoms with Gasteiger partial charge in [-0.15, -0.1) is 0 Å². The molecule has 0 aliphatic heterocycles. The Morgan fingerprint density at radius 1 is 1.56 bits per heavy atom. The van der Waals surface area contributed by atoms with Crippen LogP contribution in [0.15, 0.2) is 12.3 Å². The topological polar surface area (TPSA) is 68.0 Å². The molecule has 0 atom stereocenters. The van der Waals surface area contributed by atoms with Crippen LogP contribution < -0.4 is 0 Å². The van der Waals surface area contributed by atoms with Gasteiger partial charge in [-0.3, -0.25) is 0 Å². The first-order valence-corrected chi connectivity index (χ1v) is 5.15. The quantitative estimate of drug-likeness (QED) is 0.874. The number of halogens is 1. The molecule has 2 heterocycles. The Morgan fingerprint density at radius 2 is 2.25 bits per heavy atom. The van der Waals surface area contributed by atoms with Crippen molar-refractivity contribution in [2.45, 2.75) is 19.9 Å². The monoisotopic (exact) mass is 239 g/mol. The molecule has 0 aromatic carbocycles. The van der Waals surface area contributed by atoms with Gasteiger partial charge < -0.3 is 9.67 Å². The van der Waals surface area contributed by atoms with Crippen LogP contribution in [0.5, 0.6) is 0 Å². The van der Waals surface area contributed by atoms with Gasteiger partial charge in [0.2, 0.25) is 5.82 Å². The van der Waals surface area contributed by atoms with E-state index in [1.807, 2.05) is 13.8 Å². The number of pyridine rings is 1. The molecule has 0 fully saturated rings. The van der Waals surface area contributed by atoms with E-state index < -0.39 is 5.97 Å². The van der Waals surface area contributed by atoms with Crippen molar-refractivity contribution in [3.8, 4) is 0 Å². The van der Waals surface area contributed by atoms with Gasteiger partial charge in [-0.2, -0.15) is 0 Å². The molecule has 2 rings (SSSR count). The maximum atomic E-state index is 11.0. The van der Waals surface area contributed by atoms with Crippen LogP contribution in [-0.4, -0.2) is 25.6 Å². The Hall–Kier alpha value is -1.62. The Balaban J connectivity index is 2.81. The van der Waals surface area contributed by atoms with Crippen molar-refractivity contribution in [1.82, 2.24) is 14.5 Å². The molecule has 84 valence electrons. The average molecular weight is 240 g/mol. The minimum atomic E-state index is -1.07. The zero-order valence-electron chi connectivity index (χ0n) is 8.81. The molecule has 0 spiro atoms. The summed E-state index contributed by atoms with van der Waals surface area (Å²) in [4.78, 5) is 19.2. The lowest BCUT2D eigenvalue weighted by molar-refractivity contribution is 0.0677. The Morgan fingerprint density at radius 3 is 2.81 bits per heavy atom. The predicted molar refractivity (Wildman–Crippen MR) is 59.9 cm³/mol. The van der Waals surface area contributed by atoms with E-state index in [0.717, 1.165) is 0 Å². The highest BCUT2D eigenvalue weighted by atomic mass is 35.5. The molecule has 6 heteroatoms. The third-order valence-electron chi connectivity index (χ3n) is 2.20. The summed E-state index contributed by atoms with van der Waals surface area (Å²) < 4.78 is 1.58. The third kappa shape index (κ3) is 1.63. The summed E-state index contributed by atoms with van der Waals surface area (Å²) in [5.41, 5.74) is 1.04. The molecule has 0 amide bonds. The van der Waals surface area contributed by atoms with Crippen LogP contribution in [0.2, 0.25) is 5.02 Å². The van der Waals surface area contributed by atoms with Gasteiger partial charge >= 0.3 is 5.97 Å². The van der Waals surface area contributed by atoms with Gasteiger partial charge in [-0.25, -0.2) is 14.8 Å². The number of nitrogens with zero attached hydrogens (tertiary/aromatic N) is 3. The van der Waals surface area contributed by atoms with Gasteiger partial charge in [-0.1, -0.05) is 11.6 Å². The molecular weight excluding hydrogens is 230 g/mol. The third-order valence-corrected chi connectivity index (χ3v) is 2.41. The summed E-state index contributed by atoms with van der Waals surface area (Å²) in [6.45, 7) is 3.76. The van der Waals surface area contributed by atoms with Crippen LogP contribution in [-0.2, 0) is 0 Å². The molecule has 0 aliphatic carbocycles. The zero-order valence-corrected chi connectivity index (χ0v) is 9.56. The second-order valence-corrected chi connectivity index (χ2v) is 4.14. The summed E-state index contributed by atoms with van der Waals surface area (Å²) in [5, 5.41) is 9.48. The number of carbonyl (C=O) groups is 1. The molecule has 16 heavy (non-hydrogen) atoms. The molecule has 0 bridgehead atoms. The highest BCUT2D eigenvalue weighted by Gasteiger charge is 2.19. The minimum absolute atomic E-state index is 0.0141. The van der Waals surface area contributed by atoms with Crippen LogP contribution in [0.3, 0.4) is 0 Å². The van der Waals surface area contributed by atoms with Gasteiger partial charge in [0, 0.05) is 12.2 Å². The van der Waals surface area contributed by atoms with Gasteiger partial charge in [0.15, 0.2) is 5.65 Å². The zero-order chi connectivity index (χ0) is 11.9. The summed E-state index contributed by atoms with van der Waals surface area (Å²) in [7, 11) is 0. The minimum Gasteiger partial charge on any atom is -0.475 e. The number of imidazole rings is 1. The van der Waals surface area contributed by atoms with E-state index in [4.69, 9.17) is 16.7 Å². The molecule has 0 saturated heterocycles. The molecule has 0 aliphatic rings. The summed E-state index contributed by atoms with van der Waals surface area (Å²) in [6.07, 6.45) is 1.48. The highest BCUT2D eigenvalue weighted by molar-refractivity contribution is 6.31. The number of rotatable bonds is 2. The van der Waals surface area contributed by atoms with Crippen molar-refractivity contribution in [2.24, 2.45) is 0 Å². The Labute approximate surface area is 96.7 Å². The van der Waals surface area contributed by atoms with E-state index in [-0.39, 0.29) is 11.9 Å². The molecule has 5 nitrogen and oxygen atoms in total. The fourth-order valence-electron chi connectivity index (χ4n) is 1.60. The van der Waals surface area contributed by atoms with Crippen LogP contribution in [0.25, 0.3) is 11.2 Å². The lowest BCUT2D eigenvalue weighted by Gasteiger charge is -2.09. The van der Waals surface area contributed by atoms with Crippen LogP contribution >= 0.6 is 11.6 Å². The van der Waals surface area contributed by atoms with E-state index in [9.17, 15) is 4.79 Å². The number of hydrogen-bond donors (Lipinski definition) is 1. The van der Waals surface area contributed by atoms with E-state index >= 15 is 0 Å². The molecule has 0 unspecified atom stereocenters. The van der Waals surface area contributed by atoms with E-state index in [1.54, 1.807) is 10.6 Å². The van der Waals surface area contributed by atoms with E-state index in [0.29, 0.717) is 16.2 Å². The molecule has 0 radical (unpaired) electrons. The average Bonchev–Trinajstić information content (AvgIpc) is 2.55. The van der Waals surface area contributed by atoms with Crippen molar-refractivity contribution in [3.63, 3.8) is 0 Å². The van der Waals surface area contributed by atoms with E-state index in [1.165, 1.54) is 6.20 Å². The lowest BCUT2D eigenvalue weighted by Crippen LogP contribution is -2.11.